The lowest BCUT2D eigenvalue weighted by Gasteiger charge is -2.22. The van der Waals surface area contributed by atoms with E-state index in [0.717, 1.165) is 16.7 Å². The van der Waals surface area contributed by atoms with E-state index in [2.05, 4.69) is 30.5 Å². The fourth-order valence-corrected chi connectivity index (χ4v) is 3.36. The molecule has 9 nitrogen and oxygen atoms in total. The molecular formula is C15H17N7O2. The number of tetrazole rings is 1. The lowest BCUT2D eigenvalue weighted by atomic mass is 9.85. The van der Waals surface area contributed by atoms with Crippen LogP contribution in [0, 0.1) is 6.92 Å². The number of carbonyl (C=O) groups is 1. The van der Waals surface area contributed by atoms with Crippen molar-refractivity contribution in [3.05, 3.63) is 35.5 Å². The molecule has 3 N–H and O–H groups in total. The van der Waals surface area contributed by atoms with Crippen molar-refractivity contribution in [3.8, 4) is 0 Å². The fourth-order valence-electron chi connectivity index (χ4n) is 3.36. The standard InChI is InChI=1S/C15H17N7O2/c1-9-17-11-4-2-3-10(12(11)24-9)7-22-6-5-15(8-22,13(16)23)14-18-20-21-19-14/h2-4H,5-8H2,1H3,(H2,16,23)(H,18,19,20,21). The molecule has 1 atom stereocenters. The van der Waals surface area contributed by atoms with Gasteiger partial charge in [0.15, 0.2) is 17.3 Å². The first-order valence-electron chi connectivity index (χ1n) is 7.70. The summed E-state index contributed by atoms with van der Waals surface area (Å²) in [5.41, 5.74) is 7.40. The molecule has 2 aromatic heterocycles. The molecule has 0 bridgehead atoms. The second kappa shape index (κ2) is 5.38. The van der Waals surface area contributed by atoms with Crippen molar-refractivity contribution in [2.75, 3.05) is 13.1 Å². The van der Waals surface area contributed by atoms with E-state index in [4.69, 9.17) is 10.2 Å². The van der Waals surface area contributed by atoms with Gasteiger partial charge in [-0.1, -0.05) is 17.3 Å². The Labute approximate surface area is 137 Å². The highest BCUT2D eigenvalue weighted by Gasteiger charge is 2.48. The smallest absolute Gasteiger partial charge is 0.232 e. The van der Waals surface area contributed by atoms with Gasteiger partial charge in [-0.05, 0) is 12.5 Å². The van der Waals surface area contributed by atoms with Crippen molar-refractivity contribution in [2.24, 2.45) is 5.73 Å². The summed E-state index contributed by atoms with van der Waals surface area (Å²) in [6.45, 7) is 3.62. The number of carbonyl (C=O) groups excluding carboxylic acids is 1. The summed E-state index contributed by atoms with van der Waals surface area (Å²) < 4.78 is 5.71. The highest BCUT2D eigenvalue weighted by Crippen LogP contribution is 2.33. The van der Waals surface area contributed by atoms with Gasteiger partial charge in [-0.15, -0.1) is 10.2 Å². The van der Waals surface area contributed by atoms with E-state index in [1.807, 2.05) is 25.1 Å². The largest absolute Gasteiger partial charge is 0.441 e. The minimum Gasteiger partial charge on any atom is -0.441 e. The Morgan fingerprint density at radius 3 is 3.12 bits per heavy atom. The summed E-state index contributed by atoms with van der Waals surface area (Å²) in [6.07, 6.45) is 0.563. The maximum Gasteiger partial charge on any atom is 0.232 e. The van der Waals surface area contributed by atoms with Crippen molar-refractivity contribution < 1.29 is 9.21 Å². The first kappa shape index (κ1) is 14.8. The number of hydrogen-bond donors (Lipinski definition) is 2. The molecule has 124 valence electrons. The number of nitrogens with zero attached hydrogens (tertiary/aromatic N) is 5. The number of aromatic amines is 1. The zero-order valence-electron chi connectivity index (χ0n) is 13.2. The summed E-state index contributed by atoms with van der Waals surface area (Å²) >= 11 is 0. The van der Waals surface area contributed by atoms with Gasteiger partial charge in [0.05, 0.1) is 0 Å². The Balaban J connectivity index is 1.61. The van der Waals surface area contributed by atoms with Crippen LogP contribution in [0.1, 0.15) is 23.7 Å². The molecule has 1 amide bonds. The number of hydrogen-bond acceptors (Lipinski definition) is 7. The summed E-state index contributed by atoms with van der Waals surface area (Å²) in [4.78, 5) is 18.6. The quantitative estimate of drug-likeness (QED) is 0.704. The second-order valence-corrected chi connectivity index (χ2v) is 6.14. The van der Waals surface area contributed by atoms with E-state index >= 15 is 0 Å². The number of aryl methyl sites for hydroxylation is 1. The minimum atomic E-state index is -0.905. The Hall–Kier alpha value is -2.81. The Morgan fingerprint density at radius 2 is 2.38 bits per heavy atom. The molecule has 1 aromatic carbocycles. The van der Waals surface area contributed by atoms with Gasteiger partial charge in [-0.2, -0.15) is 5.21 Å². The normalized spacial score (nSPS) is 21.5. The third-order valence-corrected chi connectivity index (χ3v) is 4.59. The monoisotopic (exact) mass is 327 g/mol. The highest BCUT2D eigenvalue weighted by atomic mass is 16.3. The number of amides is 1. The number of H-pyrrole nitrogens is 1. The summed E-state index contributed by atoms with van der Waals surface area (Å²) in [7, 11) is 0. The molecule has 0 aliphatic carbocycles. The summed E-state index contributed by atoms with van der Waals surface area (Å²) in [5.74, 6) is 0.559. The summed E-state index contributed by atoms with van der Waals surface area (Å²) in [5, 5.41) is 13.9. The first-order chi connectivity index (χ1) is 11.6. The number of oxazole rings is 1. The Morgan fingerprint density at radius 1 is 1.50 bits per heavy atom. The van der Waals surface area contributed by atoms with E-state index in [1.165, 1.54) is 0 Å². The number of nitrogens with two attached hydrogens (primary N) is 1. The molecular weight excluding hydrogens is 310 g/mol. The number of likely N-dealkylation sites (tertiary alicyclic amines) is 1. The van der Waals surface area contributed by atoms with Gasteiger partial charge in [-0.3, -0.25) is 9.69 Å². The molecule has 9 heteroatoms. The third-order valence-electron chi connectivity index (χ3n) is 4.59. The van der Waals surface area contributed by atoms with Gasteiger partial charge in [0, 0.05) is 32.1 Å². The SMILES string of the molecule is Cc1nc2cccc(CN3CCC(C(N)=O)(c4nn[nH]n4)C3)c2o1. The molecule has 0 radical (unpaired) electrons. The lowest BCUT2D eigenvalue weighted by Crippen LogP contribution is -2.44. The van der Waals surface area contributed by atoms with Crippen LogP contribution in [0.5, 0.6) is 0 Å². The zero-order valence-corrected chi connectivity index (χ0v) is 13.2. The number of nitrogens with one attached hydrogen (secondary N) is 1. The van der Waals surface area contributed by atoms with Crippen LogP contribution < -0.4 is 5.73 Å². The molecule has 1 aliphatic rings. The van der Waals surface area contributed by atoms with E-state index in [-0.39, 0.29) is 0 Å². The molecule has 4 rings (SSSR count). The van der Waals surface area contributed by atoms with Crippen LogP contribution in [0.2, 0.25) is 0 Å². The lowest BCUT2D eigenvalue weighted by molar-refractivity contribution is -0.123. The number of benzene rings is 1. The second-order valence-electron chi connectivity index (χ2n) is 6.14. The van der Waals surface area contributed by atoms with Crippen molar-refractivity contribution in [1.82, 2.24) is 30.5 Å². The topological polar surface area (TPSA) is 127 Å². The van der Waals surface area contributed by atoms with E-state index in [1.54, 1.807) is 0 Å². The maximum absolute atomic E-state index is 12.1. The van der Waals surface area contributed by atoms with Gasteiger partial charge in [0.2, 0.25) is 5.91 Å². The van der Waals surface area contributed by atoms with Gasteiger partial charge in [-0.25, -0.2) is 4.98 Å². The van der Waals surface area contributed by atoms with Crippen molar-refractivity contribution >= 4 is 17.0 Å². The Bertz CT molecular complexity index is 889. The molecule has 0 spiro atoms. The van der Waals surface area contributed by atoms with Gasteiger partial charge >= 0.3 is 0 Å². The summed E-state index contributed by atoms with van der Waals surface area (Å²) in [6, 6.07) is 5.88. The van der Waals surface area contributed by atoms with E-state index in [0.29, 0.717) is 37.8 Å². The third kappa shape index (κ3) is 2.24. The van der Waals surface area contributed by atoms with Crippen molar-refractivity contribution in [1.29, 1.82) is 0 Å². The Kier molecular flexibility index (Phi) is 3.31. The van der Waals surface area contributed by atoms with Crippen molar-refractivity contribution in [3.63, 3.8) is 0 Å². The molecule has 1 unspecified atom stereocenters. The number of fused-ring (bicyclic) bond motifs is 1. The molecule has 3 aromatic rings. The molecule has 1 saturated heterocycles. The number of rotatable bonds is 4. The molecule has 24 heavy (non-hydrogen) atoms. The van der Waals surface area contributed by atoms with Crippen LogP contribution >= 0.6 is 0 Å². The van der Waals surface area contributed by atoms with Crippen LogP contribution in [-0.2, 0) is 16.8 Å². The molecule has 1 aliphatic heterocycles. The van der Waals surface area contributed by atoms with Gasteiger partial charge in [0.25, 0.3) is 0 Å². The average molecular weight is 327 g/mol. The molecule has 3 heterocycles. The van der Waals surface area contributed by atoms with E-state index < -0.39 is 11.3 Å². The molecule has 1 fully saturated rings. The predicted molar refractivity (Wildman–Crippen MR) is 83.7 cm³/mol. The number of aromatic nitrogens is 5. The highest BCUT2D eigenvalue weighted by molar-refractivity contribution is 5.86. The molecule has 0 saturated carbocycles. The van der Waals surface area contributed by atoms with Crippen molar-refractivity contribution in [2.45, 2.75) is 25.3 Å². The van der Waals surface area contributed by atoms with Crippen LogP contribution in [0.15, 0.2) is 22.6 Å². The number of para-hydroxylation sites is 1. The maximum atomic E-state index is 12.1. The minimum absolute atomic E-state index is 0.353. The van der Waals surface area contributed by atoms with Crippen LogP contribution in [0.3, 0.4) is 0 Å². The average Bonchev–Trinajstić information content (AvgIpc) is 3.25. The predicted octanol–water partition coefficient (Wildman–Crippen LogP) is 0.278. The first-order valence-corrected chi connectivity index (χ1v) is 7.70. The fraction of sp³-hybridized carbons (Fsp3) is 0.400. The van der Waals surface area contributed by atoms with Crippen LogP contribution in [0.25, 0.3) is 11.1 Å². The number of primary amides is 1. The van der Waals surface area contributed by atoms with Gasteiger partial charge < -0.3 is 10.2 Å². The van der Waals surface area contributed by atoms with E-state index in [9.17, 15) is 4.79 Å². The van der Waals surface area contributed by atoms with Crippen LogP contribution in [0.4, 0.5) is 0 Å². The zero-order chi connectivity index (χ0) is 16.7. The van der Waals surface area contributed by atoms with Gasteiger partial charge in [0.1, 0.15) is 10.9 Å². The van der Waals surface area contributed by atoms with Crippen LogP contribution in [-0.4, -0.2) is 49.5 Å².